The smallest absolute Gasteiger partial charge is 0.311 e. The van der Waals surface area contributed by atoms with Gasteiger partial charge in [-0.1, -0.05) is 12.1 Å². The van der Waals surface area contributed by atoms with Gasteiger partial charge in [0.2, 0.25) is 5.91 Å². The zero-order valence-electron chi connectivity index (χ0n) is 14.0. The summed E-state index contributed by atoms with van der Waals surface area (Å²) in [6.07, 6.45) is 1.24. The minimum Gasteiger partial charge on any atom is -0.466 e. The van der Waals surface area contributed by atoms with E-state index >= 15 is 0 Å². The maximum Gasteiger partial charge on any atom is 0.311 e. The van der Waals surface area contributed by atoms with Crippen LogP contribution in [0.5, 0.6) is 0 Å². The highest BCUT2D eigenvalue weighted by Crippen LogP contribution is 2.16. The van der Waals surface area contributed by atoms with Crippen molar-refractivity contribution < 1.29 is 14.3 Å². The summed E-state index contributed by atoms with van der Waals surface area (Å²) in [4.78, 5) is 44.1. The first kappa shape index (κ1) is 17.7. The molecule has 0 aliphatic carbocycles. The molecule has 8 nitrogen and oxygen atoms in total. The topological polar surface area (TPSA) is 103 Å². The van der Waals surface area contributed by atoms with Gasteiger partial charge in [-0.15, -0.1) is 11.3 Å². The van der Waals surface area contributed by atoms with Gasteiger partial charge >= 0.3 is 5.97 Å². The van der Waals surface area contributed by atoms with Crippen molar-refractivity contribution in [2.45, 2.75) is 19.9 Å². The number of carbonyl (C=O) groups excluding carboxylic acids is 2. The van der Waals surface area contributed by atoms with Crippen LogP contribution in [0.15, 0.2) is 40.6 Å². The highest BCUT2D eigenvalue weighted by molar-refractivity contribution is 7.13. The summed E-state index contributed by atoms with van der Waals surface area (Å²) in [7, 11) is 0. The van der Waals surface area contributed by atoms with Gasteiger partial charge in [-0.25, -0.2) is 9.97 Å². The largest absolute Gasteiger partial charge is 0.466 e. The Kier molecular flexibility index (Phi) is 5.37. The van der Waals surface area contributed by atoms with Crippen molar-refractivity contribution in [2.75, 3.05) is 11.9 Å². The second-order valence-electron chi connectivity index (χ2n) is 5.35. The number of hydrogen-bond acceptors (Lipinski definition) is 7. The number of aromatic nitrogens is 3. The van der Waals surface area contributed by atoms with Crippen molar-refractivity contribution in [3.8, 4) is 0 Å². The number of ether oxygens (including phenoxy) is 1. The molecule has 0 saturated heterocycles. The molecule has 0 bridgehead atoms. The fraction of sp³-hybridized carbons (Fsp3) is 0.235. The van der Waals surface area contributed by atoms with Crippen molar-refractivity contribution in [3.05, 3.63) is 51.9 Å². The van der Waals surface area contributed by atoms with E-state index in [0.717, 1.165) is 0 Å². The Labute approximate surface area is 152 Å². The number of benzene rings is 1. The molecule has 3 aromatic rings. The molecule has 2 heterocycles. The van der Waals surface area contributed by atoms with E-state index in [9.17, 15) is 14.4 Å². The normalized spacial score (nSPS) is 10.7. The first-order chi connectivity index (χ1) is 12.6. The second-order valence-corrected chi connectivity index (χ2v) is 6.20. The van der Waals surface area contributed by atoms with Crippen molar-refractivity contribution in [1.82, 2.24) is 14.5 Å². The van der Waals surface area contributed by atoms with Crippen LogP contribution in [0.1, 0.15) is 12.6 Å². The number of nitrogens with one attached hydrogen (secondary N) is 1. The maximum atomic E-state index is 12.3. The number of para-hydroxylation sites is 2. The number of nitrogens with zero attached hydrogens (tertiary/aromatic N) is 3. The molecule has 3 rings (SSSR count). The van der Waals surface area contributed by atoms with Gasteiger partial charge < -0.3 is 10.1 Å². The van der Waals surface area contributed by atoms with Crippen LogP contribution in [-0.4, -0.2) is 33.0 Å². The number of hydrogen-bond donors (Lipinski definition) is 1. The summed E-state index contributed by atoms with van der Waals surface area (Å²) in [5.41, 5.74) is 1.37. The van der Waals surface area contributed by atoms with Crippen LogP contribution < -0.4 is 10.9 Å². The summed E-state index contributed by atoms with van der Waals surface area (Å²) in [5.74, 6) is -0.758. The van der Waals surface area contributed by atoms with Crippen LogP contribution in [0, 0.1) is 0 Å². The molecule has 0 spiro atoms. The van der Waals surface area contributed by atoms with Gasteiger partial charge in [-0.3, -0.25) is 19.0 Å². The Morgan fingerprint density at radius 1 is 1.31 bits per heavy atom. The molecule has 0 radical (unpaired) electrons. The lowest BCUT2D eigenvalue weighted by Crippen LogP contribution is -2.27. The molecule has 0 atom stereocenters. The van der Waals surface area contributed by atoms with Crippen molar-refractivity contribution in [2.24, 2.45) is 0 Å². The number of fused-ring (bicyclic) bond motifs is 1. The Balaban J connectivity index is 1.70. The van der Waals surface area contributed by atoms with Gasteiger partial charge in [0.15, 0.2) is 5.13 Å². The Bertz CT molecular complexity index is 1010. The van der Waals surface area contributed by atoms with E-state index in [1.165, 1.54) is 22.1 Å². The highest BCUT2D eigenvalue weighted by atomic mass is 32.1. The van der Waals surface area contributed by atoms with E-state index in [-0.39, 0.29) is 30.4 Å². The zero-order chi connectivity index (χ0) is 18.5. The lowest BCUT2D eigenvalue weighted by molar-refractivity contribution is -0.142. The molecule has 0 unspecified atom stereocenters. The van der Waals surface area contributed by atoms with Crippen LogP contribution in [-0.2, 0) is 27.3 Å². The van der Waals surface area contributed by atoms with Gasteiger partial charge in [0.05, 0.1) is 36.0 Å². The molecule has 0 aliphatic rings. The lowest BCUT2D eigenvalue weighted by Gasteiger charge is -2.08. The molecule has 26 heavy (non-hydrogen) atoms. The highest BCUT2D eigenvalue weighted by Gasteiger charge is 2.12. The van der Waals surface area contributed by atoms with Crippen molar-refractivity contribution in [1.29, 1.82) is 0 Å². The van der Waals surface area contributed by atoms with E-state index < -0.39 is 0 Å². The molecule has 0 fully saturated rings. The predicted octanol–water partition coefficient (Wildman–Crippen LogP) is 1.60. The third kappa shape index (κ3) is 4.12. The average Bonchev–Trinajstić information content (AvgIpc) is 3.04. The van der Waals surface area contributed by atoms with Gasteiger partial charge in [0.25, 0.3) is 5.56 Å². The van der Waals surface area contributed by atoms with E-state index in [1.54, 1.807) is 30.5 Å². The average molecular weight is 372 g/mol. The minimum atomic E-state index is -0.388. The first-order valence-corrected chi connectivity index (χ1v) is 8.79. The fourth-order valence-electron chi connectivity index (χ4n) is 2.39. The number of rotatable bonds is 6. The predicted molar refractivity (Wildman–Crippen MR) is 97.1 cm³/mol. The number of amides is 1. The van der Waals surface area contributed by atoms with Crippen LogP contribution in [0.4, 0.5) is 5.13 Å². The van der Waals surface area contributed by atoms with Crippen molar-refractivity contribution >= 4 is 39.4 Å². The quantitative estimate of drug-likeness (QED) is 0.659. The molecule has 2 aromatic heterocycles. The van der Waals surface area contributed by atoms with E-state index in [1.807, 2.05) is 6.07 Å². The van der Waals surface area contributed by atoms with E-state index in [0.29, 0.717) is 28.5 Å². The molecule has 0 saturated carbocycles. The third-order valence-corrected chi connectivity index (χ3v) is 4.29. The monoisotopic (exact) mass is 372 g/mol. The molecular formula is C17H16N4O4S. The minimum absolute atomic E-state index is 0.0503. The lowest BCUT2D eigenvalue weighted by atomic mass is 10.3. The molecule has 134 valence electrons. The maximum absolute atomic E-state index is 12.3. The molecule has 0 aliphatic heterocycles. The molecule has 1 N–H and O–H groups in total. The second kappa shape index (κ2) is 7.87. The fourth-order valence-corrected chi connectivity index (χ4v) is 3.11. The van der Waals surface area contributed by atoms with Crippen LogP contribution in [0.25, 0.3) is 11.0 Å². The summed E-state index contributed by atoms with van der Waals surface area (Å²) in [6.45, 7) is 1.88. The van der Waals surface area contributed by atoms with Gasteiger partial charge in [-0.05, 0) is 19.1 Å². The summed E-state index contributed by atoms with van der Waals surface area (Å²) < 4.78 is 6.22. The molecule has 1 amide bonds. The van der Waals surface area contributed by atoms with Gasteiger partial charge in [0, 0.05) is 5.38 Å². The Hall–Kier alpha value is -3.07. The molecular weight excluding hydrogens is 356 g/mol. The summed E-state index contributed by atoms with van der Waals surface area (Å²) in [6, 6.07) is 7.09. The Morgan fingerprint density at radius 3 is 2.92 bits per heavy atom. The number of thiazole rings is 1. The van der Waals surface area contributed by atoms with Crippen LogP contribution in [0.3, 0.4) is 0 Å². The first-order valence-electron chi connectivity index (χ1n) is 7.91. The van der Waals surface area contributed by atoms with Gasteiger partial charge in [0.1, 0.15) is 6.54 Å². The standard InChI is InChI=1S/C17H16N4O4S/c1-2-25-16(24)7-11-10-26-17(19-11)20-14(22)9-21-13-6-4-3-5-12(13)18-8-15(21)23/h3-6,8,10H,2,7,9H2,1H3,(H,19,20,22). The SMILES string of the molecule is CCOC(=O)Cc1csc(NC(=O)Cn2c(=O)cnc3ccccc32)n1. The van der Waals surface area contributed by atoms with E-state index in [4.69, 9.17) is 4.74 Å². The van der Waals surface area contributed by atoms with Gasteiger partial charge in [-0.2, -0.15) is 0 Å². The molecule has 1 aromatic carbocycles. The molecule has 9 heteroatoms. The van der Waals surface area contributed by atoms with Crippen LogP contribution >= 0.6 is 11.3 Å². The number of anilines is 1. The van der Waals surface area contributed by atoms with Crippen molar-refractivity contribution in [3.63, 3.8) is 0 Å². The van der Waals surface area contributed by atoms with Crippen LogP contribution in [0.2, 0.25) is 0 Å². The summed E-state index contributed by atoms with van der Waals surface area (Å²) >= 11 is 1.21. The third-order valence-electron chi connectivity index (χ3n) is 3.48. The summed E-state index contributed by atoms with van der Waals surface area (Å²) in [5, 5.41) is 4.69. The number of carbonyl (C=O) groups is 2. The number of esters is 1. The Morgan fingerprint density at radius 2 is 2.12 bits per heavy atom. The van der Waals surface area contributed by atoms with E-state index in [2.05, 4.69) is 15.3 Å². The zero-order valence-corrected chi connectivity index (χ0v) is 14.8.